The molecule has 11 aromatic carbocycles. The van der Waals surface area contributed by atoms with Crippen molar-refractivity contribution in [2.75, 3.05) is 4.90 Å². The van der Waals surface area contributed by atoms with Gasteiger partial charge in [-0.25, -0.2) is 0 Å². The Morgan fingerprint density at radius 2 is 0.790 bits per heavy atom. The predicted octanol–water partition coefficient (Wildman–Crippen LogP) is 16.7. The first-order valence-corrected chi connectivity index (χ1v) is 21.3. The maximum Gasteiger partial charge on any atom is 0.0542 e. The molecule has 0 amide bonds. The Balaban J connectivity index is 1.07. The van der Waals surface area contributed by atoms with E-state index in [4.69, 9.17) is 0 Å². The minimum absolute atomic E-state index is 1.09. The van der Waals surface area contributed by atoms with Crippen LogP contribution in [-0.4, -0.2) is 4.57 Å². The third-order valence-corrected chi connectivity index (χ3v) is 12.5. The second kappa shape index (κ2) is 14.8. The maximum absolute atomic E-state index is 2.42. The molecule has 0 saturated heterocycles. The van der Waals surface area contributed by atoms with E-state index in [0.29, 0.717) is 0 Å². The molecule has 2 heteroatoms. The van der Waals surface area contributed by atoms with Gasteiger partial charge in [-0.3, -0.25) is 0 Å². The van der Waals surface area contributed by atoms with Gasteiger partial charge in [0.25, 0.3) is 0 Å². The molecule has 2 nitrogen and oxygen atoms in total. The van der Waals surface area contributed by atoms with Gasteiger partial charge in [0.05, 0.1) is 11.0 Å². The molecule has 1 heterocycles. The van der Waals surface area contributed by atoms with Crippen LogP contribution in [0.3, 0.4) is 0 Å². The Morgan fingerprint density at radius 1 is 0.258 bits per heavy atom. The number of para-hydroxylation sites is 2. The van der Waals surface area contributed by atoms with Gasteiger partial charge in [-0.1, -0.05) is 176 Å². The summed E-state index contributed by atoms with van der Waals surface area (Å²) in [5.74, 6) is 0. The van der Waals surface area contributed by atoms with E-state index in [1.54, 1.807) is 0 Å². The third-order valence-electron chi connectivity index (χ3n) is 12.5. The van der Waals surface area contributed by atoms with Crippen molar-refractivity contribution in [3.05, 3.63) is 243 Å². The largest absolute Gasteiger partial charge is 0.310 e. The molecule has 0 bridgehead atoms. The minimum atomic E-state index is 1.09. The molecule has 1 aromatic heterocycles. The molecule has 0 radical (unpaired) electrons. The van der Waals surface area contributed by atoms with E-state index in [1.165, 1.54) is 81.9 Å². The third kappa shape index (κ3) is 5.96. The lowest BCUT2D eigenvalue weighted by atomic mass is 9.84. The summed E-state index contributed by atoms with van der Waals surface area (Å²) in [6.07, 6.45) is 0. The van der Waals surface area contributed by atoms with Crippen LogP contribution in [0.4, 0.5) is 17.1 Å². The SMILES string of the molecule is c1ccc(-c2c(-c3ccccc3)c3cc(-c4cccc(N(c5ccc6ccccc6c5)c5ccc6c(c5)c5ccccc5n6-c5ccccc5)c4)ccc3c3ccccc23)cc1. The van der Waals surface area contributed by atoms with Gasteiger partial charge in [-0.2, -0.15) is 0 Å². The zero-order valence-corrected chi connectivity index (χ0v) is 34.0. The number of benzene rings is 11. The van der Waals surface area contributed by atoms with Crippen LogP contribution in [0.15, 0.2) is 243 Å². The zero-order valence-electron chi connectivity index (χ0n) is 34.0. The average Bonchev–Trinajstić information content (AvgIpc) is 3.68. The normalized spacial score (nSPS) is 11.5. The van der Waals surface area contributed by atoms with E-state index >= 15 is 0 Å². The van der Waals surface area contributed by atoms with E-state index in [0.717, 1.165) is 28.3 Å². The fraction of sp³-hybridized carbons (Fsp3) is 0. The lowest BCUT2D eigenvalue weighted by Crippen LogP contribution is -2.10. The number of aromatic nitrogens is 1. The van der Waals surface area contributed by atoms with Crippen molar-refractivity contribution < 1.29 is 0 Å². The second-order valence-corrected chi connectivity index (χ2v) is 16.1. The number of hydrogen-bond donors (Lipinski definition) is 0. The second-order valence-electron chi connectivity index (χ2n) is 16.1. The van der Waals surface area contributed by atoms with Gasteiger partial charge in [0.1, 0.15) is 0 Å². The first-order chi connectivity index (χ1) is 30.8. The molecule has 0 N–H and O–H groups in total. The van der Waals surface area contributed by atoms with Crippen LogP contribution in [0.2, 0.25) is 0 Å². The average molecular weight is 789 g/mol. The molecule has 12 rings (SSSR count). The van der Waals surface area contributed by atoms with Crippen molar-refractivity contribution in [3.8, 4) is 39.1 Å². The van der Waals surface area contributed by atoms with Crippen LogP contribution in [0.5, 0.6) is 0 Å². The van der Waals surface area contributed by atoms with Crippen molar-refractivity contribution in [1.82, 2.24) is 4.57 Å². The van der Waals surface area contributed by atoms with Gasteiger partial charge >= 0.3 is 0 Å². The fourth-order valence-corrected chi connectivity index (χ4v) is 9.72. The van der Waals surface area contributed by atoms with E-state index in [9.17, 15) is 0 Å². The van der Waals surface area contributed by atoms with Crippen LogP contribution in [0.25, 0.3) is 93.2 Å². The fourth-order valence-electron chi connectivity index (χ4n) is 9.72. The molecular weight excluding hydrogens is 749 g/mol. The predicted molar refractivity (Wildman–Crippen MR) is 264 cm³/mol. The maximum atomic E-state index is 2.42. The monoisotopic (exact) mass is 788 g/mol. The number of anilines is 3. The molecule has 0 spiro atoms. The first-order valence-electron chi connectivity index (χ1n) is 21.3. The lowest BCUT2D eigenvalue weighted by molar-refractivity contribution is 1.18. The highest BCUT2D eigenvalue weighted by Crippen LogP contribution is 2.46. The molecule has 0 aliphatic rings. The lowest BCUT2D eigenvalue weighted by Gasteiger charge is -2.27. The standard InChI is InChI=1S/C60H40N2/c1-4-18-42(19-5-1)59-54-29-13-12-27-51(54)52-35-32-46(39-56(52)60(59)43-20-6-2-7-21-43)45-23-16-26-48(38-45)61(49-33-31-41-17-10-11-22-44(41)37-49)50-34-36-58-55(40-50)53-28-14-15-30-57(53)62(58)47-24-8-3-9-25-47/h1-40H. The van der Waals surface area contributed by atoms with Crippen molar-refractivity contribution in [2.24, 2.45) is 0 Å². The van der Waals surface area contributed by atoms with Crippen molar-refractivity contribution in [1.29, 1.82) is 0 Å². The Hall–Kier alpha value is -8.20. The molecule has 0 atom stereocenters. The van der Waals surface area contributed by atoms with Crippen LogP contribution in [0.1, 0.15) is 0 Å². The van der Waals surface area contributed by atoms with Crippen molar-refractivity contribution in [2.45, 2.75) is 0 Å². The van der Waals surface area contributed by atoms with E-state index in [2.05, 4.69) is 252 Å². The Bertz CT molecular complexity index is 3620. The summed E-state index contributed by atoms with van der Waals surface area (Å²) in [5, 5.41) is 9.88. The molecule has 12 aromatic rings. The van der Waals surface area contributed by atoms with E-state index < -0.39 is 0 Å². The van der Waals surface area contributed by atoms with Gasteiger partial charge in [0.2, 0.25) is 0 Å². The van der Waals surface area contributed by atoms with E-state index in [1.807, 2.05) is 0 Å². The molecule has 0 saturated carbocycles. The van der Waals surface area contributed by atoms with Crippen LogP contribution < -0.4 is 4.90 Å². The molecule has 0 fully saturated rings. The molecule has 0 aliphatic carbocycles. The number of hydrogen-bond acceptors (Lipinski definition) is 1. The van der Waals surface area contributed by atoms with Crippen LogP contribution in [0, 0.1) is 0 Å². The minimum Gasteiger partial charge on any atom is -0.310 e. The topological polar surface area (TPSA) is 8.17 Å². The summed E-state index contributed by atoms with van der Waals surface area (Å²) in [7, 11) is 0. The van der Waals surface area contributed by atoms with Gasteiger partial charge in [-0.15, -0.1) is 0 Å². The van der Waals surface area contributed by atoms with Gasteiger partial charge in [0, 0.05) is 33.5 Å². The highest BCUT2D eigenvalue weighted by Gasteiger charge is 2.21. The highest BCUT2D eigenvalue weighted by molar-refractivity contribution is 6.22. The van der Waals surface area contributed by atoms with Gasteiger partial charge in [-0.05, 0) is 132 Å². The first kappa shape index (κ1) is 35.7. The van der Waals surface area contributed by atoms with Crippen molar-refractivity contribution in [3.63, 3.8) is 0 Å². The molecule has 0 unspecified atom stereocenters. The van der Waals surface area contributed by atoms with Crippen LogP contribution in [-0.2, 0) is 0 Å². The molecular formula is C60H40N2. The van der Waals surface area contributed by atoms with Crippen LogP contribution >= 0.6 is 0 Å². The Kier molecular flexibility index (Phi) is 8.53. The smallest absolute Gasteiger partial charge is 0.0542 e. The summed E-state index contributed by atoms with van der Waals surface area (Å²) in [5.41, 5.74) is 14.1. The summed E-state index contributed by atoms with van der Waals surface area (Å²) in [6.45, 7) is 0. The Morgan fingerprint density at radius 3 is 1.56 bits per heavy atom. The summed E-state index contributed by atoms with van der Waals surface area (Å²) >= 11 is 0. The quantitative estimate of drug-likeness (QED) is 0.146. The summed E-state index contributed by atoms with van der Waals surface area (Å²) < 4.78 is 2.38. The number of nitrogens with zero attached hydrogens (tertiary/aromatic N) is 2. The molecule has 0 aliphatic heterocycles. The molecule has 290 valence electrons. The van der Waals surface area contributed by atoms with E-state index in [-0.39, 0.29) is 0 Å². The Labute approximate surface area is 360 Å². The molecule has 62 heavy (non-hydrogen) atoms. The zero-order chi connectivity index (χ0) is 41.0. The van der Waals surface area contributed by atoms with Gasteiger partial charge < -0.3 is 9.47 Å². The van der Waals surface area contributed by atoms with Crippen molar-refractivity contribution >= 4 is 71.2 Å². The van der Waals surface area contributed by atoms with Gasteiger partial charge in [0.15, 0.2) is 0 Å². The summed E-state index contributed by atoms with van der Waals surface area (Å²) in [4.78, 5) is 2.42. The summed E-state index contributed by atoms with van der Waals surface area (Å²) in [6, 6.07) is 88.6. The number of rotatable bonds is 7. The highest BCUT2D eigenvalue weighted by atomic mass is 15.1. The number of fused-ring (bicyclic) bond motifs is 7.